The van der Waals surface area contributed by atoms with Crippen LogP contribution >= 0.6 is 12.4 Å². The summed E-state index contributed by atoms with van der Waals surface area (Å²) in [6.45, 7) is 0.921. The topological polar surface area (TPSA) is 84.7 Å². The lowest BCUT2D eigenvalue weighted by atomic mass is 10.1. The van der Waals surface area contributed by atoms with Crippen LogP contribution < -0.4 is 16.0 Å². The second kappa shape index (κ2) is 7.35. The summed E-state index contributed by atoms with van der Waals surface area (Å²) in [7, 11) is 0. The van der Waals surface area contributed by atoms with E-state index in [1.807, 2.05) is 24.3 Å². The highest BCUT2D eigenvalue weighted by atomic mass is 35.5. The fraction of sp³-hybridized carbons (Fsp3) is 0.263. The molecule has 6 nitrogen and oxygen atoms in total. The normalized spacial score (nSPS) is 21.0. The molecule has 4 rings (SSSR count). The molecule has 2 aromatic carbocycles. The largest absolute Gasteiger partial charge is 0.447 e. The van der Waals surface area contributed by atoms with E-state index in [0.29, 0.717) is 24.6 Å². The van der Waals surface area contributed by atoms with Crippen LogP contribution in [-0.4, -0.2) is 31.2 Å². The molecule has 0 spiro atoms. The number of hydrogen-bond acceptors (Lipinski definition) is 4. The van der Waals surface area contributed by atoms with Crippen LogP contribution in [0.5, 0.6) is 0 Å². The molecule has 2 aliphatic rings. The number of halogens is 1. The first kappa shape index (κ1) is 18.2. The van der Waals surface area contributed by atoms with E-state index in [2.05, 4.69) is 5.32 Å². The van der Waals surface area contributed by atoms with Crippen molar-refractivity contribution in [3.05, 3.63) is 59.7 Å². The molecule has 2 unspecified atom stereocenters. The standard InChI is InChI=1S/C19H19N3O3.ClH/c20-17-11-16(17)12-1-5-14(6-2-12)21-18(23)13-3-7-15(8-4-13)22-9-10-25-19(22)24;/h1-8,16-17H,9-11,20H2,(H,21,23);1H. The van der Waals surface area contributed by atoms with Crippen LogP contribution in [0.1, 0.15) is 28.3 Å². The Balaban J connectivity index is 0.00000196. The maximum absolute atomic E-state index is 12.4. The predicted octanol–water partition coefficient (Wildman–Crippen LogP) is 3.13. The molecule has 0 bridgehead atoms. The summed E-state index contributed by atoms with van der Waals surface area (Å²) < 4.78 is 4.91. The van der Waals surface area contributed by atoms with Crippen LogP contribution in [0, 0.1) is 0 Å². The van der Waals surface area contributed by atoms with Crippen molar-refractivity contribution in [2.45, 2.75) is 18.4 Å². The first-order chi connectivity index (χ1) is 12.1. The van der Waals surface area contributed by atoms with E-state index in [0.717, 1.165) is 17.8 Å². The Morgan fingerprint density at radius 2 is 1.77 bits per heavy atom. The molecule has 1 saturated carbocycles. The minimum atomic E-state index is -0.354. The Morgan fingerprint density at radius 1 is 1.12 bits per heavy atom. The monoisotopic (exact) mass is 373 g/mol. The van der Waals surface area contributed by atoms with Gasteiger partial charge in [-0.3, -0.25) is 9.69 Å². The summed E-state index contributed by atoms with van der Waals surface area (Å²) in [6.07, 6.45) is 0.676. The van der Waals surface area contributed by atoms with E-state index < -0.39 is 0 Å². The molecule has 1 saturated heterocycles. The second-order valence-corrected chi connectivity index (χ2v) is 6.40. The smallest absolute Gasteiger partial charge is 0.414 e. The number of anilines is 2. The Labute approximate surface area is 157 Å². The fourth-order valence-corrected chi connectivity index (χ4v) is 3.04. The number of carbonyl (C=O) groups excluding carboxylic acids is 2. The highest BCUT2D eigenvalue weighted by Crippen LogP contribution is 2.39. The van der Waals surface area contributed by atoms with Gasteiger partial charge in [0.2, 0.25) is 0 Å². The van der Waals surface area contributed by atoms with Crippen LogP contribution in [-0.2, 0) is 4.74 Å². The number of ether oxygens (including phenoxy) is 1. The molecule has 0 radical (unpaired) electrons. The fourth-order valence-electron chi connectivity index (χ4n) is 3.04. The summed E-state index contributed by atoms with van der Waals surface area (Å²) >= 11 is 0. The van der Waals surface area contributed by atoms with Crippen LogP contribution in [0.4, 0.5) is 16.2 Å². The number of nitrogens with two attached hydrogens (primary N) is 1. The van der Waals surface area contributed by atoms with Gasteiger partial charge in [-0.1, -0.05) is 12.1 Å². The third kappa shape index (κ3) is 3.66. The van der Waals surface area contributed by atoms with Crippen molar-refractivity contribution >= 4 is 35.8 Å². The zero-order valence-corrected chi connectivity index (χ0v) is 14.9. The SMILES string of the molecule is Cl.NC1CC1c1ccc(NC(=O)c2ccc(N3CCOC3=O)cc2)cc1. The van der Waals surface area contributed by atoms with Gasteiger partial charge < -0.3 is 15.8 Å². The number of hydrogen-bond donors (Lipinski definition) is 2. The number of benzene rings is 2. The average Bonchev–Trinajstić information content (AvgIpc) is 3.20. The van der Waals surface area contributed by atoms with Crippen LogP contribution in [0.3, 0.4) is 0 Å². The molecule has 7 heteroatoms. The highest BCUT2D eigenvalue weighted by molar-refractivity contribution is 6.04. The first-order valence-electron chi connectivity index (χ1n) is 8.33. The number of carbonyl (C=O) groups is 2. The van der Waals surface area contributed by atoms with E-state index in [4.69, 9.17) is 10.5 Å². The van der Waals surface area contributed by atoms with E-state index in [1.165, 1.54) is 5.56 Å². The number of amides is 2. The molecule has 2 fully saturated rings. The van der Waals surface area contributed by atoms with Gasteiger partial charge in [-0.2, -0.15) is 0 Å². The van der Waals surface area contributed by atoms with Crippen molar-refractivity contribution in [2.24, 2.45) is 5.73 Å². The van der Waals surface area contributed by atoms with Crippen molar-refractivity contribution in [3.8, 4) is 0 Å². The maximum Gasteiger partial charge on any atom is 0.414 e. The van der Waals surface area contributed by atoms with Gasteiger partial charge in [0, 0.05) is 28.9 Å². The highest BCUT2D eigenvalue weighted by Gasteiger charge is 2.34. The molecule has 26 heavy (non-hydrogen) atoms. The van der Waals surface area contributed by atoms with E-state index in [-0.39, 0.29) is 30.4 Å². The molecule has 1 heterocycles. The van der Waals surface area contributed by atoms with Gasteiger partial charge in [0.05, 0.1) is 6.54 Å². The summed E-state index contributed by atoms with van der Waals surface area (Å²) in [5.74, 6) is 0.265. The summed E-state index contributed by atoms with van der Waals surface area (Å²) in [6, 6.07) is 15.0. The van der Waals surface area contributed by atoms with Crippen molar-refractivity contribution < 1.29 is 14.3 Å². The molecule has 1 aliphatic heterocycles. The van der Waals surface area contributed by atoms with E-state index in [9.17, 15) is 9.59 Å². The van der Waals surface area contributed by atoms with E-state index >= 15 is 0 Å². The molecule has 2 atom stereocenters. The van der Waals surface area contributed by atoms with E-state index in [1.54, 1.807) is 29.2 Å². The number of nitrogens with one attached hydrogen (secondary N) is 1. The summed E-state index contributed by atoms with van der Waals surface area (Å²) in [5.41, 5.74) is 9.08. The zero-order chi connectivity index (χ0) is 17.4. The van der Waals surface area contributed by atoms with Gasteiger partial charge in [-0.25, -0.2) is 4.79 Å². The van der Waals surface area contributed by atoms with Gasteiger partial charge in [-0.05, 0) is 48.4 Å². The lowest BCUT2D eigenvalue weighted by Crippen LogP contribution is -2.23. The Hall–Kier alpha value is -2.57. The summed E-state index contributed by atoms with van der Waals surface area (Å²) in [5, 5.41) is 2.88. The minimum Gasteiger partial charge on any atom is -0.447 e. The lowest BCUT2D eigenvalue weighted by Gasteiger charge is -2.13. The summed E-state index contributed by atoms with van der Waals surface area (Å²) in [4.78, 5) is 25.5. The van der Waals surface area contributed by atoms with Gasteiger partial charge in [0.25, 0.3) is 5.91 Å². The number of cyclic esters (lactones) is 1. The Bertz CT molecular complexity index is 808. The molecule has 2 aromatic rings. The van der Waals surface area contributed by atoms with Crippen LogP contribution in [0.15, 0.2) is 48.5 Å². The third-order valence-electron chi connectivity index (χ3n) is 4.64. The van der Waals surface area contributed by atoms with Crippen LogP contribution in [0.2, 0.25) is 0 Å². The van der Waals surface area contributed by atoms with Crippen molar-refractivity contribution in [1.29, 1.82) is 0 Å². The first-order valence-corrected chi connectivity index (χ1v) is 8.33. The predicted molar refractivity (Wildman–Crippen MR) is 102 cm³/mol. The lowest BCUT2D eigenvalue weighted by molar-refractivity contribution is 0.102. The van der Waals surface area contributed by atoms with Crippen LogP contribution in [0.25, 0.3) is 0 Å². The van der Waals surface area contributed by atoms with Gasteiger partial charge in [0.15, 0.2) is 0 Å². The van der Waals surface area contributed by atoms with Gasteiger partial charge in [0.1, 0.15) is 6.61 Å². The minimum absolute atomic E-state index is 0. The molecular formula is C19H20ClN3O3. The molecule has 136 valence electrons. The molecule has 2 amide bonds. The quantitative estimate of drug-likeness (QED) is 0.862. The molecule has 0 aromatic heterocycles. The molecule has 1 aliphatic carbocycles. The van der Waals surface area contributed by atoms with Gasteiger partial charge in [-0.15, -0.1) is 12.4 Å². The van der Waals surface area contributed by atoms with Crippen molar-refractivity contribution in [3.63, 3.8) is 0 Å². The van der Waals surface area contributed by atoms with Crippen molar-refractivity contribution in [1.82, 2.24) is 0 Å². The second-order valence-electron chi connectivity index (χ2n) is 6.40. The van der Waals surface area contributed by atoms with Crippen molar-refractivity contribution in [2.75, 3.05) is 23.4 Å². The molecular weight excluding hydrogens is 354 g/mol. The number of nitrogens with zero attached hydrogens (tertiary/aromatic N) is 1. The third-order valence-corrected chi connectivity index (χ3v) is 4.64. The molecule has 3 N–H and O–H groups in total. The maximum atomic E-state index is 12.4. The average molecular weight is 374 g/mol. The Kier molecular flexibility index (Phi) is 5.15. The van der Waals surface area contributed by atoms with Gasteiger partial charge >= 0.3 is 6.09 Å². The zero-order valence-electron chi connectivity index (χ0n) is 14.1. The number of rotatable bonds is 4. The Morgan fingerprint density at radius 3 is 2.31 bits per heavy atom.